The van der Waals surface area contributed by atoms with Crippen LogP contribution in [0, 0.1) is 34.3 Å². The first kappa shape index (κ1) is 18.2. The normalized spacial score (nSPS) is 21.7. The zero-order valence-corrected chi connectivity index (χ0v) is 16.5. The van der Waals surface area contributed by atoms with Gasteiger partial charge in [-0.05, 0) is 104 Å². The lowest BCUT2D eigenvalue weighted by molar-refractivity contribution is 0.299. The Labute approximate surface area is 167 Å². The van der Waals surface area contributed by atoms with Crippen LogP contribution in [0.25, 0.3) is 0 Å². The maximum Gasteiger partial charge on any atom is 0.138 e. The van der Waals surface area contributed by atoms with Crippen LogP contribution in [0.3, 0.4) is 0 Å². The average molecular weight is 372 g/mol. The molecule has 0 aliphatic heterocycles. The van der Waals surface area contributed by atoms with Gasteiger partial charge >= 0.3 is 0 Å². The maximum absolute atomic E-state index is 8.69. The second kappa shape index (κ2) is 8.69. The Bertz CT molecular complexity index is 852. The first-order chi connectivity index (χ1) is 13.3. The fourth-order valence-corrected chi connectivity index (χ4v) is 4.58. The largest absolute Gasteiger partial charge is 0.185 e. The molecule has 0 radical (unpaired) electrons. The van der Waals surface area contributed by atoms with Crippen molar-refractivity contribution < 1.29 is 0 Å². The van der Waals surface area contributed by atoms with Crippen molar-refractivity contribution in [3.05, 3.63) is 65.2 Å². The summed E-state index contributed by atoms with van der Waals surface area (Å²) in [6, 6.07) is 16.7. The fraction of sp³-hybridized carbons (Fsp3) is 0.400. The highest BCUT2D eigenvalue weighted by atomic mass is 32.2. The summed E-state index contributed by atoms with van der Waals surface area (Å²) < 4.78 is 0. The zero-order valence-electron chi connectivity index (χ0n) is 15.7. The summed E-state index contributed by atoms with van der Waals surface area (Å²) in [6.07, 6.45) is 10.0. The number of nitriles is 1. The highest BCUT2D eigenvalue weighted by Crippen LogP contribution is 2.43. The highest BCUT2D eigenvalue weighted by Gasteiger charge is 2.28. The Morgan fingerprint density at radius 1 is 0.741 bits per heavy atom. The molecule has 0 aromatic heterocycles. The van der Waals surface area contributed by atoms with Crippen molar-refractivity contribution >= 4 is 11.8 Å². The van der Waals surface area contributed by atoms with Gasteiger partial charge in [-0.1, -0.05) is 36.8 Å². The lowest BCUT2D eigenvalue weighted by atomic mass is 9.77. The molecule has 0 amide bonds. The lowest BCUT2D eigenvalue weighted by Gasteiger charge is -2.28. The number of rotatable bonds is 4. The van der Waals surface area contributed by atoms with E-state index in [1.807, 2.05) is 24.3 Å². The molecule has 27 heavy (non-hydrogen) atoms. The Hall–Kier alpha value is -2.16. The van der Waals surface area contributed by atoms with Crippen LogP contribution in [0.2, 0.25) is 0 Å². The van der Waals surface area contributed by atoms with Crippen molar-refractivity contribution in [2.24, 2.45) is 11.8 Å². The van der Waals surface area contributed by atoms with Crippen LogP contribution in [-0.4, -0.2) is 0 Å². The van der Waals surface area contributed by atoms with Gasteiger partial charge < -0.3 is 0 Å². The number of hydrogen-bond donors (Lipinski definition) is 0. The molecule has 0 N–H and O–H groups in total. The third-order valence-electron chi connectivity index (χ3n) is 5.96. The molecule has 2 fully saturated rings. The molecular formula is C25H25NS. The molecule has 2 saturated carbocycles. The van der Waals surface area contributed by atoms with Gasteiger partial charge in [-0.15, -0.1) is 0 Å². The van der Waals surface area contributed by atoms with E-state index in [0.29, 0.717) is 0 Å². The van der Waals surface area contributed by atoms with Gasteiger partial charge in [-0.25, -0.2) is 0 Å². The van der Waals surface area contributed by atoms with Crippen molar-refractivity contribution in [2.75, 3.05) is 0 Å². The van der Waals surface area contributed by atoms with E-state index in [1.54, 1.807) is 0 Å². The molecule has 0 spiro atoms. The van der Waals surface area contributed by atoms with Gasteiger partial charge in [0.25, 0.3) is 0 Å². The fourth-order valence-electron chi connectivity index (χ4n) is 4.20. The van der Waals surface area contributed by atoms with E-state index in [9.17, 15) is 0 Å². The van der Waals surface area contributed by atoms with E-state index in [4.69, 9.17) is 5.26 Å². The Morgan fingerprint density at radius 2 is 1.26 bits per heavy atom. The standard InChI is InChI=1S/C25H25NS/c26-18-27-25-15-9-20(10-16-25)2-1-19-5-11-23(12-6-19)24-13-7-22(8-14-24)17-21-3-4-21/h5-6,9-12,15-16,21-22,24H,3-4,7-8,13-14,17H2. The minimum absolute atomic E-state index is 0.743. The van der Waals surface area contributed by atoms with E-state index >= 15 is 0 Å². The van der Waals surface area contributed by atoms with Gasteiger partial charge in [-0.2, -0.15) is 5.26 Å². The van der Waals surface area contributed by atoms with Crippen molar-refractivity contribution in [1.82, 2.24) is 0 Å². The van der Waals surface area contributed by atoms with Crippen LogP contribution in [0.1, 0.15) is 67.6 Å². The van der Waals surface area contributed by atoms with E-state index in [2.05, 4.69) is 41.5 Å². The summed E-state index contributed by atoms with van der Waals surface area (Å²) in [6.45, 7) is 0. The Kier molecular flexibility index (Phi) is 5.86. The van der Waals surface area contributed by atoms with E-state index in [1.165, 1.54) is 62.3 Å². The third kappa shape index (κ3) is 5.18. The first-order valence-electron chi connectivity index (χ1n) is 10.1. The minimum Gasteiger partial charge on any atom is -0.185 e. The molecule has 136 valence electrons. The van der Waals surface area contributed by atoms with Crippen LogP contribution in [0.15, 0.2) is 53.4 Å². The smallest absolute Gasteiger partial charge is 0.138 e. The lowest BCUT2D eigenvalue weighted by Crippen LogP contribution is -2.13. The average Bonchev–Trinajstić information content (AvgIpc) is 3.53. The molecule has 0 bridgehead atoms. The van der Waals surface area contributed by atoms with Gasteiger partial charge in [0.2, 0.25) is 0 Å². The van der Waals surface area contributed by atoms with Gasteiger partial charge in [0.05, 0.1) is 0 Å². The predicted octanol–water partition coefficient (Wildman–Crippen LogP) is 6.73. The topological polar surface area (TPSA) is 23.8 Å². The molecular weight excluding hydrogens is 346 g/mol. The van der Waals surface area contributed by atoms with Crippen LogP contribution < -0.4 is 0 Å². The highest BCUT2D eigenvalue weighted by molar-refractivity contribution is 8.03. The Morgan fingerprint density at radius 3 is 1.78 bits per heavy atom. The number of hydrogen-bond acceptors (Lipinski definition) is 2. The summed E-state index contributed by atoms with van der Waals surface area (Å²) in [7, 11) is 0. The van der Waals surface area contributed by atoms with Crippen LogP contribution in [0.5, 0.6) is 0 Å². The van der Waals surface area contributed by atoms with Crippen molar-refractivity contribution in [3.63, 3.8) is 0 Å². The Balaban J connectivity index is 1.33. The van der Waals surface area contributed by atoms with Gasteiger partial charge in [0.15, 0.2) is 0 Å². The quantitative estimate of drug-likeness (QED) is 0.338. The molecule has 1 nitrogen and oxygen atoms in total. The van der Waals surface area contributed by atoms with Crippen LogP contribution >= 0.6 is 11.8 Å². The first-order valence-corrected chi connectivity index (χ1v) is 10.9. The van der Waals surface area contributed by atoms with Crippen molar-refractivity contribution in [2.45, 2.75) is 55.8 Å². The van der Waals surface area contributed by atoms with Crippen molar-refractivity contribution in [1.29, 1.82) is 5.26 Å². The molecule has 0 saturated heterocycles. The molecule has 0 unspecified atom stereocenters. The molecule has 2 aromatic carbocycles. The van der Waals surface area contributed by atoms with E-state index in [0.717, 1.165) is 33.8 Å². The van der Waals surface area contributed by atoms with Gasteiger partial charge in [-0.3, -0.25) is 0 Å². The number of benzene rings is 2. The summed E-state index contributed by atoms with van der Waals surface area (Å²) in [5, 5.41) is 10.8. The van der Waals surface area contributed by atoms with E-state index < -0.39 is 0 Å². The molecule has 4 rings (SSSR count). The molecule has 0 heterocycles. The third-order valence-corrected chi connectivity index (χ3v) is 6.56. The summed E-state index contributed by atoms with van der Waals surface area (Å²) >= 11 is 1.18. The maximum atomic E-state index is 8.69. The van der Waals surface area contributed by atoms with Crippen molar-refractivity contribution in [3.8, 4) is 17.2 Å². The van der Waals surface area contributed by atoms with Crippen LogP contribution in [0.4, 0.5) is 0 Å². The molecule has 2 aromatic rings. The SMILES string of the molecule is N#CSc1ccc(C#Cc2ccc(C3CCC(CC4CC4)CC3)cc2)cc1. The van der Waals surface area contributed by atoms with Gasteiger partial charge in [0, 0.05) is 16.0 Å². The van der Waals surface area contributed by atoms with E-state index in [-0.39, 0.29) is 0 Å². The molecule has 2 aliphatic carbocycles. The zero-order chi connectivity index (χ0) is 18.5. The molecule has 2 heteroatoms. The van der Waals surface area contributed by atoms with Gasteiger partial charge in [0.1, 0.15) is 5.40 Å². The number of thiocyanates is 1. The monoisotopic (exact) mass is 371 g/mol. The second-order valence-corrected chi connectivity index (χ2v) is 8.84. The number of nitrogens with zero attached hydrogens (tertiary/aromatic N) is 1. The number of thioether (sulfide) groups is 1. The minimum atomic E-state index is 0.743. The predicted molar refractivity (Wildman–Crippen MR) is 112 cm³/mol. The summed E-state index contributed by atoms with van der Waals surface area (Å²) in [4.78, 5) is 0.958. The van der Waals surface area contributed by atoms with Crippen LogP contribution in [-0.2, 0) is 0 Å². The summed E-state index contributed by atoms with van der Waals surface area (Å²) in [5.74, 6) is 9.29. The molecule has 0 atom stereocenters. The summed E-state index contributed by atoms with van der Waals surface area (Å²) in [5.41, 5.74) is 3.54. The molecule has 2 aliphatic rings. The second-order valence-electron chi connectivity index (χ2n) is 7.99.